The van der Waals surface area contributed by atoms with Crippen molar-refractivity contribution in [3.8, 4) is 0 Å². The summed E-state index contributed by atoms with van der Waals surface area (Å²) < 4.78 is 10.6. The topological polar surface area (TPSA) is 149 Å². The van der Waals surface area contributed by atoms with Crippen molar-refractivity contribution in [1.82, 2.24) is 5.32 Å². The van der Waals surface area contributed by atoms with Crippen LogP contribution in [-0.2, 0) is 14.3 Å². The zero-order valence-electron chi connectivity index (χ0n) is 22.7. The summed E-state index contributed by atoms with van der Waals surface area (Å²) in [6.07, 6.45) is 19.7. The molecule has 0 aromatic rings. The fourth-order valence-electron chi connectivity index (χ4n) is 3.80. The van der Waals surface area contributed by atoms with Crippen LogP contribution in [0.4, 0.5) is 0 Å². The fraction of sp³-hybridized carbons (Fsp3) is 0.690. The zero-order valence-corrected chi connectivity index (χ0v) is 22.7. The molecule has 1 amide bonds. The minimum absolute atomic E-state index is 0.178. The Kier molecular flexibility index (Phi) is 19.8. The van der Waals surface area contributed by atoms with E-state index in [1.807, 2.05) is 6.08 Å². The number of carbonyl (C=O) groups excluding carboxylic acids is 1. The molecule has 9 heteroatoms. The van der Waals surface area contributed by atoms with E-state index in [9.17, 15) is 30.3 Å². The lowest BCUT2D eigenvalue weighted by Gasteiger charge is -2.39. The van der Waals surface area contributed by atoms with Crippen LogP contribution >= 0.6 is 0 Å². The molecule has 1 fully saturated rings. The van der Waals surface area contributed by atoms with Crippen LogP contribution in [0.1, 0.15) is 71.1 Å². The molecule has 1 aliphatic heterocycles. The van der Waals surface area contributed by atoms with Gasteiger partial charge in [-0.1, -0.05) is 68.4 Å². The van der Waals surface area contributed by atoms with Crippen LogP contribution in [0, 0.1) is 0 Å². The van der Waals surface area contributed by atoms with E-state index in [-0.39, 0.29) is 25.5 Å². The maximum absolute atomic E-state index is 12.2. The number of amides is 1. The molecule has 9 nitrogen and oxygen atoms in total. The first-order chi connectivity index (χ1) is 18.4. The maximum atomic E-state index is 12.2. The predicted octanol–water partition coefficient (Wildman–Crippen LogP) is 2.43. The Hall–Kier alpha value is -1.85. The molecule has 0 spiro atoms. The highest BCUT2D eigenvalue weighted by molar-refractivity contribution is 5.76. The van der Waals surface area contributed by atoms with Gasteiger partial charge in [-0.3, -0.25) is 4.79 Å². The van der Waals surface area contributed by atoms with Gasteiger partial charge in [-0.2, -0.15) is 0 Å². The van der Waals surface area contributed by atoms with E-state index in [1.54, 1.807) is 0 Å². The first-order valence-electron chi connectivity index (χ1n) is 13.9. The SMILES string of the molecule is CCCCC/C=C\C/C=C\C/C=C\C/C=C\CCCC(=O)N[C@H](CO)CO[C@H]1OC(CO)[C@H](O)C(O)C1O. The number of aliphatic hydroxyl groups is 5. The molecule has 1 rings (SSSR count). The average Bonchev–Trinajstić information content (AvgIpc) is 2.92. The molecule has 38 heavy (non-hydrogen) atoms. The van der Waals surface area contributed by atoms with Gasteiger partial charge in [-0.25, -0.2) is 0 Å². The van der Waals surface area contributed by atoms with Crippen molar-refractivity contribution in [2.75, 3.05) is 19.8 Å². The van der Waals surface area contributed by atoms with E-state index in [2.05, 4.69) is 54.8 Å². The third-order valence-electron chi connectivity index (χ3n) is 6.13. The predicted molar refractivity (Wildman–Crippen MR) is 147 cm³/mol. The van der Waals surface area contributed by atoms with Crippen molar-refractivity contribution in [3.63, 3.8) is 0 Å². The van der Waals surface area contributed by atoms with Gasteiger partial charge in [0.25, 0.3) is 0 Å². The largest absolute Gasteiger partial charge is 0.394 e. The third kappa shape index (κ3) is 14.9. The van der Waals surface area contributed by atoms with E-state index >= 15 is 0 Å². The molecule has 0 saturated carbocycles. The van der Waals surface area contributed by atoms with Crippen LogP contribution < -0.4 is 5.32 Å². The Morgan fingerprint density at radius 1 is 0.842 bits per heavy atom. The summed E-state index contributed by atoms with van der Waals surface area (Å²) in [5.74, 6) is -0.239. The minimum Gasteiger partial charge on any atom is -0.394 e. The van der Waals surface area contributed by atoms with Crippen LogP contribution in [0.5, 0.6) is 0 Å². The normalized spacial score (nSPS) is 25.3. The first kappa shape index (κ1) is 34.2. The molecule has 6 atom stereocenters. The zero-order chi connectivity index (χ0) is 28.0. The second-order valence-corrected chi connectivity index (χ2v) is 9.46. The number of allylic oxidation sites excluding steroid dienone is 8. The second kappa shape index (κ2) is 22.0. The van der Waals surface area contributed by atoms with Gasteiger partial charge < -0.3 is 40.3 Å². The van der Waals surface area contributed by atoms with Gasteiger partial charge in [0.1, 0.15) is 24.4 Å². The van der Waals surface area contributed by atoms with Crippen molar-refractivity contribution >= 4 is 5.91 Å². The molecule has 0 aromatic heterocycles. The minimum atomic E-state index is -1.55. The molecule has 1 heterocycles. The molecule has 0 aliphatic carbocycles. The molecule has 3 unspecified atom stereocenters. The molecule has 0 radical (unpaired) electrons. The van der Waals surface area contributed by atoms with E-state index in [0.717, 1.165) is 25.7 Å². The molecule has 0 aromatic carbocycles. The number of ether oxygens (including phenoxy) is 2. The number of unbranched alkanes of at least 4 members (excludes halogenated alkanes) is 4. The van der Waals surface area contributed by atoms with E-state index in [0.29, 0.717) is 6.42 Å². The molecular weight excluding hydrogens is 490 g/mol. The summed E-state index contributed by atoms with van der Waals surface area (Å²) in [4.78, 5) is 12.2. The first-order valence-corrected chi connectivity index (χ1v) is 13.9. The van der Waals surface area contributed by atoms with E-state index in [4.69, 9.17) is 9.47 Å². The Labute approximate surface area is 227 Å². The Bertz CT molecular complexity index is 721. The summed E-state index contributed by atoms with van der Waals surface area (Å²) in [6, 6.07) is -0.730. The van der Waals surface area contributed by atoms with Crippen LogP contribution in [0.2, 0.25) is 0 Å². The lowest BCUT2D eigenvalue weighted by atomic mass is 9.99. The van der Waals surface area contributed by atoms with Crippen molar-refractivity contribution < 1.29 is 39.8 Å². The summed E-state index contributed by atoms with van der Waals surface area (Å²) in [5.41, 5.74) is 0. The van der Waals surface area contributed by atoms with Crippen LogP contribution in [0.3, 0.4) is 0 Å². The van der Waals surface area contributed by atoms with Crippen molar-refractivity contribution in [2.45, 2.75) is 108 Å². The highest BCUT2D eigenvalue weighted by Gasteiger charge is 2.44. The second-order valence-electron chi connectivity index (χ2n) is 9.46. The maximum Gasteiger partial charge on any atom is 0.220 e. The number of carbonyl (C=O) groups is 1. The third-order valence-corrected chi connectivity index (χ3v) is 6.13. The fourth-order valence-corrected chi connectivity index (χ4v) is 3.80. The molecule has 0 bridgehead atoms. The quantitative estimate of drug-likeness (QED) is 0.102. The van der Waals surface area contributed by atoms with Gasteiger partial charge in [0, 0.05) is 6.42 Å². The summed E-state index contributed by atoms with van der Waals surface area (Å²) >= 11 is 0. The molecule has 1 saturated heterocycles. The van der Waals surface area contributed by atoms with E-state index < -0.39 is 43.4 Å². The van der Waals surface area contributed by atoms with Crippen molar-refractivity contribution in [1.29, 1.82) is 0 Å². The van der Waals surface area contributed by atoms with Gasteiger partial charge in [0.15, 0.2) is 6.29 Å². The lowest BCUT2D eigenvalue weighted by Crippen LogP contribution is -2.59. The lowest BCUT2D eigenvalue weighted by molar-refractivity contribution is -0.302. The Balaban J connectivity index is 2.14. The summed E-state index contributed by atoms with van der Waals surface area (Å²) in [7, 11) is 0. The molecule has 1 aliphatic rings. The van der Waals surface area contributed by atoms with Gasteiger partial charge >= 0.3 is 0 Å². The number of hydrogen-bond acceptors (Lipinski definition) is 8. The van der Waals surface area contributed by atoms with Crippen LogP contribution in [0.15, 0.2) is 48.6 Å². The van der Waals surface area contributed by atoms with Gasteiger partial charge in [0.2, 0.25) is 5.91 Å². The summed E-state index contributed by atoms with van der Waals surface area (Å²) in [6.45, 7) is 1.08. The van der Waals surface area contributed by atoms with Crippen molar-refractivity contribution in [3.05, 3.63) is 48.6 Å². The Morgan fingerprint density at radius 2 is 1.42 bits per heavy atom. The Morgan fingerprint density at radius 3 is 1.97 bits per heavy atom. The standard InChI is InChI=1S/C29H49NO8/c1-2-3-4-5-6-7-8-9-10-11-12-13-14-15-16-17-18-19-25(33)30-23(20-31)22-37-29-28(36)27(35)26(34)24(21-32)38-29/h6-7,9-10,12-13,15-16,23-24,26-29,31-32,34-36H,2-5,8,11,14,17-22H2,1H3,(H,30,33)/b7-6-,10-9-,13-12-,16-15-/t23-,24?,26+,27?,28?,29+/m1/s1. The number of rotatable bonds is 20. The number of nitrogens with one attached hydrogen (secondary N) is 1. The van der Waals surface area contributed by atoms with Gasteiger partial charge in [-0.05, 0) is 44.9 Å². The van der Waals surface area contributed by atoms with E-state index in [1.165, 1.54) is 25.7 Å². The van der Waals surface area contributed by atoms with Gasteiger partial charge in [0.05, 0.1) is 25.9 Å². The van der Waals surface area contributed by atoms with Crippen LogP contribution in [-0.4, -0.2) is 88.0 Å². The van der Waals surface area contributed by atoms with Crippen LogP contribution in [0.25, 0.3) is 0 Å². The highest BCUT2D eigenvalue weighted by atomic mass is 16.7. The number of hydrogen-bond donors (Lipinski definition) is 6. The van der Waals surface area contributed by atoms with Crippen molar-refractivity contribution in [2.24, 2.45) is 0 Å². The smallest absolute Gasteiger partial charge is 0.220 e. The highest BCUT2D eigenvalue weighted by Crippen LogP contribution is 2.22. The average molecular weight is 540 g/mol. The molecule has 218 valence electrons. The summed E-state index contributed by atoms with van der Waals surface area (Å²) in [5, 5.41) is 51.0. The molecule has 6 N–H and O–H groups in total. The monoisotopic (exact) mass is 539 g/mol. The molecular formula is C29H49NO8. The van der Waals surface area contributed by atoms with Gasteiger partial charge in [-0.15, -0.1) is 0 Å². The number of aliphatic hydroxyl groups excluding tert-OH is 5.